The summed E-state index contributed by atoms with van der Waals surface area (Å²) in [4.78, 5) is 15.2. The van der Waals surface area contributed by atoms with Gasteiger partial charge in [0.05, 0.1) is 39.1 Å². The second-order valence-electron chi connectivity index (χ2n) is 5.06. The topological polar surface area (TPSA) is 111 Å². The number of hydrogen-bond donors (Lipinski definition) is 2. The molecule has 0 bridgehead atoms. The van der Waals surface area contributed by atoms with Crippen LogP contribution in [-0.2, 0) is 22.6 Å². The summed E-state index contributed by atoms with van der Waals surface area (Å²) in [6, 6.07) is 3.08. The Balaban J connectivity index is 1.58. The van der Waals surface area contributed by atoms with Gasteiger partial charge in [0.15, 0.2) is 0 Å². The maximum atomic E-state index is 11.1. The smallest absolute Gasteiger partial charge is 0.339 e. The van der Waals surface area contributed by atoms with Crippen LogP contribution in [0.4, 0.5) is 5.82 Å². The highest BCUT2D eigenvalue weighted by Gasteiger charge is 2.16. The van der Waals surface area contributed by atoms with Crippen LogP contribution in [0.25, 0.3) is 0 Å². The molecule has 1 unspecified atom stereocenters. The largest absolute Gasteiger partial charge is 0.478 e. The fraction of sp³-hybridized carbons (Fsp3) is 0.429. The number of nitrogens with one attached hydrogen (secondary N) is 1. The van der Waals surface area contributed by atoms with E-state index in [4.69, 9.17) is 14.6 Å². The van der Waals surface area contributed by atoms with E-state index < -0.39 is 5.97 Å². The normalized spacial score (nSPS) is 17.8. The molecule has 122 valence electrons. The number of rotatable bonds is 6. The van der Waals surface area contributed by atoms with E-state index >= 15 is 0 Å². The average molecular weight is 319 g/mol. The number of ether oxygens (including phenoxy) is 2. The van der Waals surface area contributed by atoms with Gasteiger partial charge in [0.25, 0.3) is 0 Å². The molecule has 1 aliphatic rings. The number of nitrogens with zero attached hydrogens (tertiary/aromatic N) is 4. The SMILES string of the molecule is O=C(O)c1cccnc1NCc1cn(CC2COCCO2)nn1. The van der Waals surface area contributed by atoms with Crippen molar-refractivity contribution in [2.75, 3.05) is 25.1 Å². The summed E-state index contributed by atoms with van der Waals surface area (Å²) in [5.74, 6) is -0.725. The van der Waals surface area contributed by atoms with Crippen LogP contribution in [0.15, 0.2) is 24.5 Å². The van der Waals surface area contributed by atoms with Crippen LogP contribution in [0, 0.1) is 0 Å². The van der Waals surface area contributed by atoms with Crippen LogP contribution in [0.2, 0.25) is 0 Å². The number of carbonyl (C=O) groups is 1. The Morgan fingerprint density at radius 1 is 1.48 bits per heavy atom. The third-order valence-electron chi connectivity index (χ3n) is 3.34. The Bertz CT molecular complexity index is 669. The van der Waals surface area contributed by atoms with Gasteiger partial charge in [0.2, 0.25) is 0 Å². The molecular formula is C14H17N5O4. The number of hydrogen-bond acceptors (Lipinski definition) is 7. The lowest BCUT2D eigenvalue weighted by atomic mass is 10.2. The molecule has 3 rings (SSSR count). The minimum Gasteiger partial charge on any atom is -0.478 e. The van der Waals surface area contributed by atoms with Crippen molar-refractivity contribution in [3.8, 4) is 0 Å². The zero-order valence-corrected chi connectivity index (χ0v) is 12.4. The molecule has 1 fully saturated rings. The fourth-order valence-corrected chi connectivity index (χ4v) is 2.25. The molecule has 2 aromatic heterocycles. The number of aromatic carboxylic acids is 1. The molecule has 3 heterocycles. The molecule has 9 nitrogen and oxygen atoms in total. The van der Waals surface area contributed by atoms with Crippen molar-refractivity contribution in [1.82, 2.24) is 20.0 Å². The Kier molecular flexibility index (Phi) is 4.79. The average Bonchev–Trinajstić information content (AvgIpc) is 3.01. The molecule has 0 aliphatic carbocycles. The van der Waals surface area contributed by atoms with Crippen molar-refractivity contribution < 1.29 is 19.4 Å². The van der Waals surface area contributed by atoms with Gasteiger partial charge in [-0.05, 0) is 12.1 Å². The summed E-state index contributed by atoms with van der Waals surface area (Å²) < 4.78 is 12.6. The lowest BCUT2D eigenvalue weighted by Crippen LogP contribution is -2.32. The van der Waals surface area contributed by atoms with Crippen LogP contribution < -0.4 is 5.32 Å². The van der Waals surface area contributed by atoms with Gasteiger partial charge in [-0.25, -0.2) is 14.5 Å². The lowest BCUT2D eigenvalue weighted by Gasteiger charge is -2.22. The summed E-state index contributed by atoms with van der Waals surface area (Å²) >= 11 is 0. The van der Waals surface area contributed by atoms with Crippen LogP contribution in [0.1, 0.15) is 16.1 Å². The first-order chi connectivity index (χ1) is 11.2. The lowest BCUT2D eigenvalue weighted by molar-refractivity contribution is -0.0947. The van der Waals surface area contributed by atoms with Gasteiger partial charge in [-0.2, -0.15) is 0 Å². The molecule has 0 radical (unpaired) electrons. The maximum absolute atomic E-state index is 11.1. The second kappa shape index (κ2) is 7.16. The molecule has 0 amide bonds. The van der Waals surface area contributed by atoms with Gasteiger partial charge in [-0.3, -0.25) is 0 Å². The Morgan fingerprint density at radius 3 is 3.17 bits per heavy atom. The number of pyridine rings is 1. The predicted octanol–water partition coefficient (Wildman–Crippen LogP) is 0.399. The van der Waals surface area contributed by atoms with Crippen molar-refractivity contribution >= 4 is 11.8 Å². The van der Waals surface area contributed by atoms with E-state index in [1.807, 2.05) is 0 Å². The quantitative estimate of drug-likeness (QED) is 0.787. The number of carboxylic acids is 1. The summed E-state index contributed by atoms with van der Waals surface area (Å²) in [5.41, 5.74) is 0.802. The van der Waals surface area contributed by atoms with Crippen molar-refractivity contribution in [2.45, 2.75) is 19.2 Å². The third-order valence-corrected chi connectivity index (χ3v) is 3.34. The molecule has 9 heteroatoms. The zero-order valence-electron chi connectivity index (χ0n) is 12.4. The highest BCUT2D eigenvalue weighted by atomic mass is 16.6. The molecular weight excluding hydrogens is 302 g/mol. The van der Waals surface area contributed by atoms with E-state index in [2.05, 4.69) is 20.6 Å². The van der Waals surface area contributed by atoms with Gasteiger partial charge < -0.3 is 19.9 Å². The molecule has 1 aliphatic heterocycles. The van der Waals surface area contributed by atoms with E-state index in [1.54, 1.807) is 16.9 Å². The van der Waals surface area contributed by atoms with Gasteiger partial charge in [0, 0.05) is 6.20 Å². The summed E-state index contributed by atoms with van der Waals surface area (Å²) in [5, 5.41) is 20.2. The van der Waals surface area contributed by atoms with Gasteiger partial charge in [-0.15, -0.1) is 5.10 Å². The van der Waals surface area contributed by atoms with E-state index in [0.29, 0.717) is 44.4 Å². The monoisotopic (exact) mass is 319 g/mol. The fourth-order valence-electron chi connectivity index (χ4n) is 2.25. The van der Waals surface area contributed by atoms with Crippen molar-refractivity contribution in [3.05, 3.63) is 35.8 Å². The summed E-state index contributed by atoms with van der Waals surface area (Å²) in [6.07, 6.45) is 3.29. The first-order valence-electron chi connectivity index (χ1n) is 7.23. The van der Waals surface area contributed by atoms with Crippen molar-refractivity contribution in [2.24, 2.45) is 0 Å². The highest BCUT2D eigenvalue weighted by molar-refractivity contribution is 5.92. The minimum absolute atomic E-state index is 0.0272. The van der Waals surface area contributed by atoms with Crippen LogP contribution >= 0.6 is 0 Å². The van der Waals surface area contributed by atoms with Crippen LogP contribution in [0.3, 0.4) is 0 Å². The Hall–Kier alpha value is -2.52. The van der Waals surface area contributed by atoms with Crippen molar-refractivity contribution in [1.29, 1.82) is 0 Å². The van der Waals surface area contributed by atoms with Crippen LogP contribution in [-0.4, -0.2) is 57.0 Å². The zero-order chi connectivity index (χ0) is 16.1. The summed E-state index contributed by atoms with van der Waals surface area (Å²) in [7, 11) is 0. The van der Waals surface area contributed by atoms with Gasteiger partial charge in [-0.1, -0.05) is 5.21 Å². The number of carboxylic acid groups (broad SMARTS) is 1. The molecule has 2 aromatic rings. The second-order valence-corrected chi connectivity index (χ2v) is 5.06. The molecule has 0 spiro atoms. The first kappa shape index (κ1) is 15.4. The third kappa shape index (κ3) is 4.02. The molecule has 1 saturated heterocycles. The van der Waals surface area contributed by atoms with Crippen molar-refractivity contribution in [3.63, 3.8) is 0 Å². The number of anilines is 1. The predicted molar refractivity (Wildman–Crippen MR) is 79.1 cm³/mol. The molecule has 2 N–H and O–H groups in total. The Labute approximate surface area is 132 Å². The van der Waals surface area contributed by atoms with Crippen LogP contribution in [0.5, 0.6) is 0 Å². The minimum atomic E-state index is -1.03. The molecule has 0 aromatic carbocycles. The van der Waals surface area contributed by atoms with E-state index in [1.165, 1.54) is 12.3 Å². The first-order valence-corrected chi connectivity index (χ1v) is 7.23. The van der Waals surface area contributed by atoms with Gasteiger partial charge >= 0.3 is 5.97 Å². The molecule has 23 heavy (non-hydrogen) atoms. The molecule has 0 saturated carbocycles. The summed E-state index contributed by atoms with van der Waals surface area (Å²) in [6.45, 7) is 2.66. The standard InChI is InChI=1S/C14H17N5O4/c20-14(21)12-2-1-3-15-13(12)16-6-10-7-19(18-17-10)8-11-9-22-4-5-23-11/h1-3,7,11H,4-6,8-9H2,(H,15,16)(H,20,21). The molecule has 1 atom stereocenters. The van der Waals surface area contributed by atoms with Gasteiger partial charge in [0.1, 0.15) is 23.2 Å². The Morgan fingerprint density at radius 2 is 2.39 bits per heavy atom. The number of aromatic nitrogens is 4. The van der Waals surface area contributed by atoms with E-state index in [-0.39, 0.29) is 11.7 Å². The van der Waals surface area contributed by atoms with E-state index in [0.717, 1.165) is 0 Å². The maximum Gasteiger partial charge on any atom is 0.339 e. The van der Waals surface area contributed by atoms with E-state index in [9.17, 15) is 4.79 Å². The highest BCUT2D eigenvalue weighted by Crippen LogP contribution is 2.12.